The molecule has 152 valence electrons. The highest BCUT2D eigenvalue weighted by atomic mass is 16.5. The van der Waals surface area contributed by atoms with E-state index >= 15 is 0 Å². The fraction of sp³-hybridized carbons (Fsp3) is 0.696. The molecule has 0 aliphatic carbocycles. The molecule has 3 fully saturated rings. The van der Waals surface area contributed by atoms with Gasteiger partial charge in [0.15, 0.2) is 0 Å². The number of nitrogens with one attached hydrogen (secondary N) is 1. The van der Waals surface area contributed by atoms with Crippen molar-refractivity contribution in [1.82, 2.24) is 10.2 Å². The quantitative estimate of drug-likeness (QED) is 0.819. The van der Waals surface area contributed by atoms with Gasteiger partial charge < -0.3 is 14.8 Å². The van der Waals surface area contributed by atoms with Crippen LogP contribution >= 0.6 is 0 Å². The average molecular weight is 385 g/mol. The molecule has 5 nitrogen and oxygen atoms in total. The Morgan fingerprint density at radius 1 is 1.18 bits per heavy atom. The summed E-state index contributed by atoms with van der Waals surface area (Å²) < 4.78 is 11.4. The molecule has 4 heterocycles. The Morgan fingerprint density at radius 3 is 3.04 bits per heavy atom. The molecule has 5 heteroatoms. The minimum absolute atomic E-state index is 0.132. The van der Waals surface area contributed by atoms with Crippen molar-refractivity contribution < 1.29 is 14.3 Å². The molecule has 1 unspecified atom stereocenters. The third-order valence-corrected chi connectivity index (χ3v) is 7.13. The highest BCUT2D eigenvalue weighted by Crippen LogP contribution is 2.38. The predicted octanol–water partition coefficient (Wildman–Crippen LogP) is 2.84. The number of fused-ring (bicyclic) bond motifs is 3. The van der Waals surface area contributed by atoms with E-state index in [-0.39, 0.29) is 12.0 Å². The van der Waals surface area contributed by atoms with Crippen LogP contribution < -0.4 is 10.1 Å². The van der Waals surface area contributed by atoms with Crippen LogP contribution in [0.5, 0.6) is 5.75 Å². The molecule has 1 aromatic carbocycles. The molecular formula is C23H32N2O3. The van der Waals surface area contributed by atoms with Gasteiger partial charge in [-0.05, 0) is 62.1 Å². The summed E-state index contributed by atoms with van der Waals surface area (Å²) in [6.45, 7) is 2.73. The van der Waals surface area contributed by atoms with Crippen LogP contribution in [0.4, 0.5) is 0 Å². The molecule has 2 bridgehead atoms. The summed E-state index contributed by atoms with van der Waals surface area (Å²) in [7, 11) is 0. The maximum atomic E-state index is 12.5. The largest absolute Gasteiger partial charge is 0.493 e. The van der Waals surface area contributed by atoms with Crippen molar-refractivity contribution in [1.29, 1.82) is 0 Å². The van der Waals surface area contributed by atoms with Gasteiger partial charge in [-0.1, -0.05) is 12.1 Å². The number of hydrogen-bond donors (Lipinski definition) is 1. The van der Waals surface area contributed by atoms with Gasteiger partial charge in [0, 0.05) is 37.7 Å². The predicted molar refractivity (Wildman–Crippen MR) is 108 cm³/mol. The van der Waals surface area contributed by atoms with Crippen molar-refractivity contribution in [3.8, 4) is 5.75 Å². The average Bonchev–Trinajstić information content (AvgIpc) is 3.40. The second-order valence-corrected chi connectivity index (χ2v) is 8.93. The van der Waals surface area contributed by atoms with Crippen LogP contribution in [-0.4, -0.2) is 54.8 Å². The Bertz CT molecular complexity index is 716. The van der Waals surface area contributed by atoms with E-state index in [1.807, 2.05) is 0 Å². The van der Waals surface area contributed by atoms with Gasteiger partial charge in [-0.3, -0.25) is 9.69 Å². The maximum absolute atomic E-state index is 12.5. The second kappa shape index (κ2) is 8.03. The first kappa shape index (κ1) is 18.4. The maximum Gasteiger partial charge on any atom is 0.222 e. The molecule has 4 aliphatic rings. The van der Waals surface area contributed by atoms with Gasteiger partial charge >= 0.3 is 0 Å². The normalized spacial score (nSPS) is 31.6. The molecule has 1 amide bonds. The van der Waals surface area contributed by atoms with Gasteiger partial charge in [0.05, 0.1) is 19.1 Å². The number of nitrogens with zero attached hydrogens (tertiary/aromatic N) is 1. The molecule has 4 atom stereocenters. The zero-order valence-corrected chi connectivity index (χ0v) is 16.7. The molecule has 0 spiro atoms. The van der Waals surface area contributed by atoms with Crippen LogP contribution in [0.2, 0.25) is 0 Å². The van der Waals surface area contributed by atoms with Crippen LogP contribution in [0.1, 0.15) is 56.1 Å². The van der Waals surface area contributed by atoms with Gasteiger partial charge in [-0.2, -0.15) is 0 Å². The second-order valence-electron chi connectivity index (χ2n) is 8.93. The number of rotatable bonds is 6. The summed E-state index contributed by atoms with van der Waals surface area (Å²) >= 11 is 0. The Labute approximate surface area is 167 Å². The molecule has 5 rings (SSSR count). The number of benzene rings is 1. The van der Waals surface area contributed by atoms with Crippen molar-refractivity contribution in [3.63, 3.8) is 0 Å². The van der Waals surface area contributed by atoms with Gasteiger partial charge in [0.1, 0.15) is 5.75 Å². The van der Waals surface area contributed by atoms with E-state index in [4.69, 9.17) is 9.47 Å². The lowest BCUT2D eigenvalue weighted by atomic mass is 9.95. The summed E-state index contributed by atoms with van der Waals surface area (Å²) in [5.74, 6) is 1.25. The first-order valence-corrected chi connectivity index (χ1v) is 11.2. The topological polar surface area (TPSA) is 50.8 Å². The Hall–Kier alpha value is -1.59. The zero-order valence-electron chi connectivity index (χ0n) is 16.7. The van der Waals surface area contributed by atoms with Crippen LogP contribution in [0.15, 0.2) is 18.2 Å². The van der Waals surface area contributed by atoms with Crippen molar-refractivity contribution in [2.45, 2.75) is 82.0 Å². The lowest BCUT2D eigenvalue weighted by Crippen LogP contribution is -2.45. The van der Waals surface area contributed by atoms with Crippen LogP contribution in [-0.2, 0) is 22.4 Å². The fourth-order valence-electron chi connectivity index (χ4n) is 5.70. The number of amides is 1. The van der Waals surface area contributed by atoms with Gasteiger partial charge in [0.2, 0.25) is 5.91 Å². The van der Waals surface area contributed by atoms with E-state index in [1.54, 1.807) is 0 Å². The molecule has 3 saturated heterocycles. The van der Waals surface area contributed by atoms with E-state index in [1.165, 1.54) is 30.4 Å². The molecule has 0 aromatic heterocycles. The Kier molecular flexibility index (Phi) is 5.29. The number of carbonyl (C=O) groups is 1. The van der Waals surface area contributed by atoms with Crippen LogP contribution in [0.25, 0.3) is 0 Å². The summed E-state index contributed by atoms with van der Waals surface area (Å²) in [5.41, 5.74) is 2.77. The minimum atomic E-state index is 0.132. The summed E-state index contributed by atoms with van der Waals surface area (Å²) in [6.07, 6.45) is 9.74. The monoisotopic (exact) mass is 384 g/mol. The van der Waals surface area contributed by atoms with Crippen LogP contribution in [0.3, 0.4) is 0 Å². The van der Waals surface area contributed by atoms with E-state index in [0.29, 0.717) is 24.5 Å². The smallest absolute Gasteiger partial charge is 0.222 e. The number of ether oxygens (including phenoxy) is 2. The molecule has 0 saturated carbocycles. The van der Waals surface area contributed by atoms with E-state index in [9.17, 15) is 4.79 Å². The number of hydrogen-bond acceptors (Lipinski definition) is 4. The van der Waals surface area contributed by atoms with Crippen molar-refractivity contribution in [3.05, 3.63) is 29.3 Å². The third-order valence-electron chi connectivity index (χ3n) is 7.13. The SMILES string of the molecule is O=C(CC1CCCCO1)N[C@@H]1C[C@@H]2CC[C@H]1N2CCc1ccc2c(c1)CCO2. The lowest BCUT2D eigenvalue weighted by molar-refractivity contribution is -0.125. The van der Waals surface area contributed by atoms with Gasteiger partial charge in [0.25, 0.3) is 0 Å². The molecule has 0 radical (unpaired) electrons. The molecular weight excluding hydrogens is 352 g/mol. The lowest BCUT2D eigenvalue weighted by Gasteiger charge is -2.27. The number of carbonyl (C=O) groups excluding carboxylic acids is 1. The first-order valence-electron chi connectivity index (χ1n) is 11.2. The molecule has 4 aliphatic heterocycles. The van der Waals surface area contributed by atoms with Crippen molar-refractivity contribution >= 4 is 5.91 Å². The van der Waals surface area contributed by atoms with Gasteiger partial charge in [-0.25, -0.2) is 0 Å². The highest BCUT2D eigenvalue weighted by molar-refractivity contribution is 5.77. The van der Waals surface area contributed by atoms with E-state index in [0.717, 1.165) is 57.6 Å². The van der Waals surface area contributed by atoms with Crippen molar-refractivity contribution in [2.75, 3.05) is 19.8 Å². The summed E-state index contributed by atoms with van der Waals surface area (Å²) in [4.78, 5) is 15.2. The van der Waals surface area contributed by atoms with Gasteiger partial charge in [-0.15, -0.1) is 0 Å². The third kappa shape index (κ3) is 3.79. The van der Waals surface area contributed by atoms with Crippen molar-refractivity contribution in [2.24, 2.45) is 0 Å². The molecule has 28 heavy (non-hydrogen) atoms. The van der Waals surface area contributed by atoms with E-state index < -0.39 is 0 Å². The summed E-state index contributed by atoms with van der Waals surface area (Å²) in [6, 6.07) is 8.14. The van der Waals surface area contributed by atoms with E-state index in [2.05, 4.69) is 28.4 Å². The zero-order chi connectivity index (χ0) is 18.9. The summed E-state index contributed by atoms with van der Waals surface area (Å²) in [5, 5.41) is 3.34. The fourth-order valence-corrected chi connectivity index (χ4v) is 5.70. The standard InChI is InChI=1S/C23H32N2O3/c26-23(15-19-3-1-2-11-27-19)24-20-14-18-5-6-21(20)25(18)10-8-16-4-7-22-17(13-16)9-12-28-22/h4,7,13,18-21H,1-3,5-6,8-12,14-15H2,(H,24,26)/t18-,19?,20+,21+/m0/s1. The molecule has 1 aromatic rings. The molecule has 1 N–H and O–H groups in total. The highest BCUT2D eigenvalue weighted by Gasteiger charge is 2.46. The first-order chi connectivity index (χ1) is 13.8. The van der Waals surface area contributed by atoms with Crippen LogP contribution in [0, 0.1) is 0 Å². The Morgan fingerprint density at radius 2 is 2.14 bits per heavy atom. The Balaban J connectivity index is 1.14. The minimum Gasteiger partial charge on any atom is -0.493 e.